The Balaban J connectivity index is 2.06. The first-order valence-corrected chi connectivity index (χ1v) is 6.72. The molecule has 2 aromatic rings. The van der Waals surface area contributed by atoms with Crippen molar-refractivity contribution in [2.75, 3.05) is 11.1 Å². The van der Waals surface area contributed by atoms with Gasteiger partial charge in [-0.25, -0.2) is 0 Å². The summed E-state index contributed by atoms with van der Waals surface area (Å²) in [4.78, 5) is 1.30. The molecule has 0 aliphatic rings. The number of nitrogens with zero attached hydrogens (tertiary/aromatic N) is 2. The average Bonchev–Trinajstić information content (AvgIpc) is 2.74. The second-order valence-corrected chi connectivity index (χ2v) is 5.03. The third kappa shape index (κ3) is 3.03. The maximum Gasteiger partial charge on any atom is 0.0571 e. The zero-order valence-corrected chi connectivity index (χ0v) is 11.0. The van der Waals surface area contributed by atoms with Gasteiger partial charge in [0.25, 0.3) is 0 Å². The fraction of sp³-hybridized carbons (Fsp3) is 0.308. The third-order valence-corrected chi connectivity index (χ3v) is 3.52. The van der Waals surface area contributed by atoms with Gasteiger partial charge in [0, 0.05) is 23.8 Å². The third-order valence-electron chi connectivity index (χ3n) is 2.57. The van der Waals surface area contributed by atoms with Crippen molar-refractivity contribution >= 4 is 17.4 Å². The molecule has 0 saturated heterocycles. The van der Waals surface area contributed by atoms with E-state index in [0.29, 0.717) is 0 Å². The standard InChI is InChI=1S/C13H17N3S/c1-3-17-13-7-5-4-6-12(13)14-10-11-8-9-15-16(11)2/h4-9,14H,3,10H2,1-2H3. The van der Waals surface area contributed by atoms with Crippen LogP contribution in [0.3, 0.4) is 0 Å². The van der Waals surface area contributed by atoms with Crippen LogP contribution in [-0.2, 0) is 13.6 Å². The summed E-state index contributed by atoms with van der Waals surface area (Å²) < 4.78 is 1.89. The van der Waals surface area contributed by atoms with Crippen LogP contribution < -0.4 is 5.32 Å². The number of aryl methyl sites for hydroxylation is 1. The van der Waals surface area contributed by atoms with Gasteiger partial charge in [-0.3, -0.25) is 4.68 Å². The molecule has 0 unspecified atom stereocenters. The van der Waals surface area contributed by atoms with Crippen molar-refractivity contribution in [3.05, 3.63) is 42.2 Å². The molecule has 1 N–H and O–H groups in total. The summed E-state index contributed by atoms with van der Waals surface area (Å²) in [6, 6.07) is 10.4. The fourth-order valence-electron chi connectivity index (χ4n) is 1.65. The second kappa shape index (κ2) is 5.77. The Kier molecular flexibility index (Phi) is 4.09. The van der Waals surface area contributed by atoms with E-state index in [2.05, 4.69) is 41.6 Å². The molecule has 4 heteroatoms. The van der Waals surface area contributed by atoms with Gasteiger partial charge in [-0.15, -0.1) is 11.8 Å². The van der Waals surface area contributed by atoms with Gasteiger partial charge in [-0.1, -0.05) is 19.1 Å². The second-order valence-electron chi connectivity index (χ2n) is 3.73. The summed E-state index contributed by atoms with van der Waals surface area (Å²) in [6.45, 7) is 2.97. The van der Waals surface area contributed by atoms with Crippen molar-refractivity contribution in [2.45, 2.75) is 18.4 Å². The van der Waals surface area contributed by atoms with Gasteiger partial charge in [0.15, 0.2) is 0 Å². The maximum atomic E-state index is 4.16. The summed E-state index contributed by atoms with van der Waals surface area (Å²) in [5, 5.41) is 7.62. The molecule has 0 fully saturated rings. The number of anilines is 1. The number of nitrogens with one attached hydrogen (secondary N) is 1. The van der Waals surface area contributed by atoms with Crippen LogP contribution in [0.15, 0.2) is 41.4 Å². The quantitative estimate of drug-likeness (QED) is 0.823. The van der Waals surface area contributed by atoms with E-state index in [1.165, 1.54) is 16.3 Å². The molecular formula is C13H17N3S. The average molecular weight is 247 g/mol. The zero-order chi connectivity index (χ0) is 12.1. The number of hydrogen-bond acceptors (Lipinski definition) is 3. The molecule has 0 bridgehead atoms. The smallest absolute Gasteiger partial charge is 0.0571 e. The summed E-state index contributed by atoms with van der Waals surface area (Å²) >= 11 is 1.86. The SMILES string of the molecule is CCSc1ccccc1NCc1ccnn1C. The van der Waals surface area contributed by atoms with Crippen LogP contribution in [0.25, 0.3) is 0 Å². The summed E-state index contributed by atoms with van der Waals surface area (Å²) in [6.07, 6.45) is 1.82. The van der Waals surface area contributed by atoms with Crippen molar-refractivity contribution in [1.82, 2.24) is 9.78 Å². The lowest BCUT2D eigenvalue weighted by atomic mass is 10.3. The van der Waals surface area contributed by atoms with E-state index in [0.717, 1.165) is 12.3 Å². The molecule has 0 spiro atoms. The van der Waals surface area contributed by atoms with Gasteiger partial charge >= 0.3 is 0 Å². The first-order valence-electron chi connectivity index (χ1n) is 5.74. The van der Waals surface area contributed by atoms with Crippen LogP contribution in [0.1, 0.15) is 12.6 Å². The predicted molar refractivity (Wildman–Crippen MR) is 73.4 cm³/mol. The van der Waals surface area contributed by atoms with E-state index in [9.17, 15) is 0 Å². The molecular weight excluding hydrogens is 230 g/mol. The van der Waals surface area contributed by atoms with Crippen LogP contribution in [0.4, 0.5) is 5.69 Å². The minimum atomic E-state index is 0.803. The molecule has 1 aromatic carbocycles. The van der Waals surface area contributed by atoms with Crippen LogP contribution in [0, 0.1) is 0 Å². The van der Waals surface area contributed by atoms with E-state index in [-0.39, 0.29) is 0 Å². The molecule has 0 atom stereocenters. The van der Waals surface area contributed by atoms with Crippen molar-refractivity contribution < 1.29 is 0 Å². The molecule has 1 aromatic heterocycles. The monoisotopic (exact) mass is 247 g/mol. The molecule has 0 aliphatic heterocycles. The molecule has 0 saturated carbocycles. The van der Waals surface area contributed by atoms with E-state index in [1.807, 2.05) is 35.8 Å². The van der Waals surface area contributed by atoms with Gasteiger partial charge in [0.2, 0.25) is 0 Å². The summed E-state index contributed by atoms with van der Waals surface area (Å²) in [7, 11) is 1.96. The number of benzene rings is 1. The molecule has 0 amide bonds. The normalized spacial score (nSPS) is 10.5. The zero-order valence-electron chi connectivity index (χ0n) is 10.2. The highest BCUT2D eigenvalue weighted by molar-refractivity contribution is 7.99. The van der Waals surface area contributed by atoms with Gasteiger partial charge in [0.1, 0.15) is 0 Å². The Hall–Kier alpha value is -1.42. The Morgan fingerprint density at radius 1 is 1.29 bits per heavy atom. The molecule has 0 radical (unpaired) electrons. The van der Waals surface area contributed by atoms with Crippen LogP contribution in [0.2, 0.25) is 0 Å². The Labute approximate surface area is 106 Å². The number of hydrogen-bond donors (Lipinski definition) is 1. The lowest BCUT2D eigenvalue weighted by molar-refractivity contribution is 0.720. The predicted octanol–water partition coefficient (Wildman–Crippen LogP) is 3.14. The van der Waals surface area contributed by atoms with E-state index >= 15 is 0 Å². The maximum absolute atomic E-state index is 4.16. The summed E-state index contributed by atoms with van der Waals surface area (Å²) in [5.41, 5.74) is 2.38. The summed E-state index contributed by atoms with van der Waals surface area (Å²) in [5.74, 6) is 1.09. The van der Waals surface area contributed by atoms with Crippen molar-refractivity contribution in [3.63, 3.8) is 0 Å². The van der Waals surface area contributed by atoms with Gasteiger partial charge < -0.3 is 5.32 Å². The van der Waals surface area contributed by atoms with E-state index < -0.39 is 0 Å². The lowest BCUT2D eigenvalue weighted by Crippen LogP contribution is -2.05. The number of thioether (sulfide) groups is 1. The number of aromatic nitrogens is 2. The Morgan fingerprint density at radius 2 is 2.12 bits per heavy atom. The molecule has 0 aliphatic carbocycles. The van der Waals surface area contributed by atoms with Crippen molar-refractivity contribution in [1.29, 1.82) is 0 Å². The highest BCUT2D eigenvalue weighted by atomic mass is 32.2. The van der Waals surface area contributed by atoms with E-state index in [1.54, 1.807) is 0 Å². The number of para-hydroxylation sites is 1. The minimum Gasteiger partial charge on any atom is -0.378 e. The van der Waals surface area contributed by atoms with Gasteiger partial charge in [-0.2, -0.15) is 5.10 Å². The first kappa shape index (κ1) is 12.0. The number of rotatable bonds is 5. The van der Waals surface area contributed by atoms with Crippen LogP contribution in [0.5, 0.6) is 0 Å². The molecule has 1 heterocycles. The Bertz CT molecular complexity index is 479. The van der Waals surface area contributed by atoms with Crippen molar-refractivity contribution in [3.8, 4) is 0 Å². The van der Waals surface area contributed by atoms with Crippen LogP contribution >= 0.6 is 11.8 Å². The van der Waals surface area contributed by atoms with E-state index in [4.69, 9.17) is 0 Å². The highest BCUT2D eigenvalue weighted by Gasteiger charge is 2.02. The minimum absolute atomic E-state index is 0.803. The van der Waals surface area contributed by atoms with Crippen LogP contribution in [-0.4, -0.2) is 15.5 Å². The van der Waals surface area contributed by atoms with Gasteiger partial charge in [-0.05, 0) is 24.0 Å². The topological polar surface area (TPSA) is 29.9 Å². The molecule has 2 rings (SSSR count). The molecule has 3 nitrogen and oxygen atoms in total. The highest BCUT2D eigenvalue weighted by Crippen LogP contribution is 2.26. The lowest BCUT2D eigenvalue weighted by Gasteiger charge is -2.11. The van der Waals surface area contributed by atoms with Gasteiger partial charge in [0.05, 0.1) is 12.2 Å². The molecule has 17 heavy (non-hydrogen) atoms. The largest absolute Gasteiger partial charge is 0.378 e. The Morgan fingerprint density at radius 3 is 2.82 bits per heavy atom. The van der Waals surface area contributed by atoms with Crippen molar-refractivity contribution in [2.24, 2.45) is 7.05 Å². The molecule has 90 valence electrons. The first-order chi connectivity index (χ1) is 8.31. The fourth-order valence-corrected chi connectivity index (χ4v) is 2.44.